The fraction of sp³-hybridized carbons (Fsp3) is 1.00. The molecule has 0 heterocycles. The molecule has 0 spiro atoms. The molecule has 0 saturated heterocycles. The van der Waals surface area contributed by atoms with Crippen molar-refractivity contribution in [3.05, 3.63) is 0 Å². The highest BCUT2D eigenvalue weighted by atomic mass is 15.2. The summed E-state index contributed by atoms with van der Waals surface area (Å²) in [6, 6.07) is 0.772. The Morgan fingerprint density at radius 2 is 1.74 bits per heavy atom. The number of nitrogens with zero attached hydrogens (tertiary/aromatic N) is 1. The third-order valence-electron chi connectivity index (χ3n) is 6.12. The molecule has 0 aromatic carbocycles. The van der Waals surface area contributed by atoms with E-state index in [4.69, 9.17) is 5.73 Å². The molecule has 19 heavy (non-hydrogen) atoms. The van der Waals surface area contributed by atoms with Gasteiger partial charge in [0.05, 0.1) is 0 Å². The van der Waals surface area contributed by atoms with E-state index in [1.54, 1.807) is 0 Å². The molecular formula is C17H34N2. The largest absolute Gasteiger partial charge is 0.329 e. The van der Waals surface area contributed by atoms with Crippen LogP contribution in [0.25, 0.3) is 0 Å². The Kier molecular flexibility index (Phi) is 4.62. The summed E-state index contributed by atoms with van der Waals surface area (Å²) in [5.41, 5.74) is 7.04. The second-order valence-corrected chi connectivity index (χ2v) is 8.13. The van der Waals surface area contributed by atoms with Crippen molar-refractivity contribution >= 4 is 0 Å². The molecule has 0 amide bonds. The Labute approximate surface area is 120 Å². The third-order valence-corrected chi connectivity index (χ3v) is 6.12. The molecule has 0 bridgehead atoms. The maximum Gasteiger partial charge on any atom is 0.0332 e. The van der Waals surface area contributed by atoms with Gasteiger partial charge in [-0.2, -0.15) is 0 Å². The zero-order valence-electron chi connectivity index (χ0n) is 13.5. The van der Waals surface area contributed by atoms with Crippen molar-refractivity contribution in [2.75, 3.05) is 13.6 Å². The van der Waals surface area contributed by atoms with Crippen molar-refractivity contribution in [2.24, 2.45) is 17.1 Å². The molecule has 2 nitrogen and oxygen atoms in total. The van der Waals surface area contributed by atoms with Crippen LogP contribution in [0.15, 0.2) is 0 Å². The first-order valence-electron chi connectivity index (χ1n) is 8.32. The van der Waals surface area contributed by atoms with Gasteiger partial charge in [0.1, 0.15) is 0 Å². The maximum atomic E-state index is 6.23. The summed E-state index contributed by atoms with van der Waals surface area (Å²) in [6.45, 7) is 8.08. The Balaban J connectivity index is 2.04. The Morgan fingerprint density at radius 1 is 1.11 bits per heavy atom. The van der Waals surface area contributed by atoms with E-state index in [0.29, 0.717) is 5.41 Å². The number of rotatable bonds is 3. The van der Waals surface area contributed by atoms with Crippen molar-refractivity contribution in [3.8, 4) is 0 Å². The van der Waals surface area contributed by atoms with Crippen molar-refractivity contribution < 1.29 is 0 Å². The molecule has 0 aliphatic heterocycles. The summed E-state index contributed by atoms with van der Waals surface area (Å²) in [6.07, 6.45) is 10.8. The van der Waals surface area contributed by atoms with Crippen LogP contribution in [0, 0.1) is 11.3 Å². The second kappa shape index (κ2) is 5.73. The highest BCUT2D eigenvalue weighted by Crippen LogP contribution is 2.44. The molecule has 2 rings (SSSR count). The average Bonchev–Trinajstić information content (AvgIpc) is 2.39. The Bertz CT molecular complexity index is 288. The first-order valence-corrected chi connectivity index (χ1v) is 8.32. The van der Waals surface area contributed by atoms with Gasteiger partial charge < -0.3 is 5.73 Å². The molecule has 0 aromatic rings. The molecule has 112 valence electrons. The molecule has 2 aliphatic carbocycles. The molecule has 2 aliphatic rings. The summed E-state index contributed by atoms with van der Waals surface area (Å²) in [5, 5.41) is 0. The van der Waals surface area contributed by atoms with Crippen molar-refractivity contribution in [1.82, 2.24) is 4.90 Å². The summed E-state index contributed by atoms with van der Waals surface area (Å²) >= 11 is 0. The van der Waals surface area contributed by atoms with E-state index in [1.165, 1.54) is 51.4 Å². The Morgan fingerprint density at radius 3 is 2.26 bits per heavy atom. The highest BCUT2D eigenvalue weighted by molar-refractivity contribution is 4.99. The molecule has 2 saturated carbocycles. The summed E-state index contributed by atoms with van der Waals surface area (Å²) < 4.78 is 0. The molecule has 2 unspecified atom stereocenters. The fourth-order valence-electron chi connectivity index (χ4n) is 4.23. The topological polar surface area (TPSA) is 29.3 Å². The van der Waals surface area contributed by atoms with Crippen LogP contribution in [0.5, 0.6) is 0 Å². The van der Waals surface area contributed by atoms with E-state index >= 15 is 0 Å². The molecule has 2 fully saturated rings. The molecule has 2 atom stereocenters. The standard InChI is InChI=1S/C17H34N2/c1-14-6-5-7-15(12-14)19(4)17(13-18)10-8-16(2,3)9-11-17/h14-15H,5-13,18H2,1-4H3. The molecule has 0 aromatic heterocycles. The minimum Gasteiger partial charge on any atom is -0.329 e. The van der Waals surface area contributed by atoms with Crippen molar-refractivity contribution in [3.63, 3.8) is 0 Å². The smallest absolute Gasteiger partial charge is 0.0332 e. The zero-order valence-corrected chi connectivity index (χ0v) is 13.5. The van der Waals surface area contributed by atoms with Crippen LogP contribution in [-0.2, 0) is 0 Å². The predicted octanol–water partition coefficient (Wildman–Crippen LogP) is 3.79. The third kappa shape index (κ3) is 3.33. The summed E-state index contributed by atoms with van der Waals surface area (Å²) in [4.78, 5) is 2.69. The van der Waals surface area contributed by atoms with Gasteiger partial charge >= 0.3 is 0 Å². The van der Waals surface area contributed by atoms with Crippen molar-refractivity contribution in [2.45, 2.75) is 83.7 Å². The van der Waals surface area contributed by atoms with Gasteiger partial charge in [0, 0.05) is 18.1 Å². The fourth-order valence-corrected chi connectivity index (χ4v) is 4.23. The normalized spacial score (nSPS) is 34.4. The van der Waals surface area contributed by atoms with Crippen LogP contribution in [0.4, 0.5) is 0 Å². The van der Waals surface area contributed by atoms with Gasteiger partial charge in [-0.3, -0.25) is 4.90 Å². The van der Waals surface area contributed by atoms with E-state index in [-0.39, 0.29) is 5.54 Å². The van der Waals surface area contributed by atoms with Gasteiger partial charge in [-0.1, -0.05) is 33.6 Å². The number of likely N-dealkylation sites (N-methyl/N-ethyl adjacent to an activating group) is 1. The molecular weight excluding hydrogens is 232 g/mol. The summed E-state index contributed by atoms with van der Waals surface area (Å²) in [7, 11) is 2.36. The van der Waals surface area contributed by atoms with Gasteiger partial charge in [-0.05, 0) is 56.9 Å². The van der Waals surface area contributed by atoms with Crippen LogP contribution < -0.4 is 5.73 Å². The number of hydrogen-bond donors (Lipinski definition) is 1. The first-order chi connectivity index (χ1) is 8.88. The van der Waals surface area contributed by atoms with Crippen LogP contribution in [0.3, 0.4) is 0 Å². The predicted molar refractivity (Wildman–Crippen MR) is 83.2 cm³/mol. The lowest BCUT2D eigenvalue weighted by molar-refractivity contribution is -0.00355. The second-order valence-electron chi connectivity index (χ2n) is 8.13. The van der Waals surface area contributed by atoms with Gasteiger partial charge in [0.2, 0.25) is 0 Å². The average molecular weight is 266 g/mol. The van der Waals surface area contributed by atoms with E-state index in [1.807, 2.05) is 0 Å². The quantitative estimate of drug-likeness (QED) is 0.842. The van der Waals surface area contributed by atoms with Crippen LogP contribution in [0.2, 0.25) is 0 Å². The zero-order chi connectivity index (χ0) is 14.1. The lowest BCUT2D eigenvalue weighted by atomic mass is 9.68. The lowest BCUT2D eigenvalue weighted by Crippen LogP contribution is -2.58. The van der Waals surface area contributed by atoms with E-state index in [0.717, 1.165) is 18.5 Å². The molecule has 0 radical (unpaired) electrons. The van der Waals surface area contributed by atoms with Gasteiger partial charge in [-0.25, -0.2) is 0 Å². The van der Waals surface area contributed by atoms with E-state index < -0.39 is 0 Å². The SMILES string of the molecule is CC1CCCC(N(C)C2(CN)CCC(C)(C)CC2)C1. The number of nitrogens with two attached hydrogens (primary N) is 1. The first kappa shape index (κ1) is 15.3. The van der Waals surface area contributed by atoms with Crippen LogP contribution >= 0.6 is 0 Å². The van der Waals surface area contributed by atoms with Gasteiger partial charge in [-0.15, -0.1) is 0 Å². The van der Waals surface area contributed by atoms with Crippen LogP contribution in [0.1, 0.15) is 72.1 Å². The van der Waals surface area contributed by atoms with Crippen molar-refractivity contribution in [1.29, 1.82) is 0 Å². The highest BCUT2D eigenvalue weighted by Gasteiger charge is 2.42. The maximum absolute atomic E-state index is 6.23. The van der Waals surface area contributed by atoms with Gasteiger partial charge in [0.15, 0.2) is 0 Å². The molecule has 2 N–H and O–H groups in total. The molecule has 2 heteroatoms. The minimum atomic E-state index is 0.289. The lowest BCUT2D eigenvalue weighted by Gasteiger charge is -2.52. The van der Waals surface area contributed by atoms with E-state index in [2.05, 4.69) is 32.7 Å². The summed E-state index contributed by atoms with van der Waals surface area (Å²) in [5.74, 6) is 0.899. The van der Waals surface area contributed by atoms with Crippen LogP contribution in [-0.4, -0.2) is 30.1 Å². The minimum absolute atomic E-state index is 0.289. The Hall–Kier alpha value is -0.0800. The number of hydrogen-bond acceptors (Lipinski definition) is 2. The van der Waals surface area contributed by atoms with Gasteiger partial charge in [0.25, 0.3) is 0 Å². The van der Waals surface area contributed by atoms with E-state index in [9.17, 15) is 0 Å². The monoisotopic (exact) mass is 266 g/mol.